The van der Waals surface area contributed by atoms with Crippen LogP contribution >= 0.6 is 0 Å². The van der Waals surface area contributed by atoms with Crippen LogP contribution in [0.4, 0.5) is 31.1 Å². The highest BCUT2D eigenvalue weighted by molar-refractivity contribution is 5.91. The van der Waals surface area contributed by atoms with E-state index in [9.17, 15) is 40.7 Å². The molecular weight excluding hydrogens is 556 g/mol. The third-order valence-corrected chi connectivity index (χ3v) is 7.54. The molecule has 2 aliphatic heterocycles. The van der Waals surface area contributed by atoms with Crippen molar-refractivity contribution in [3.05, 3.63) is 65.2 Å². The van der Waals surface area contributed by atoms with Crippen LogP contribution in [0, 0.1) is 5.95 Å². The first kappa shape index (κ1) is 28.7. The Hall–Kier alpha value is -3.84. The number of carbonyl (C=O) groups excluding carboxylic acids is 3. The summed E-state index contributed by atoms with van der Waals surface area (Å²) in [6.45, 7) is -2.61. The Morgan fingerprint density at radius 3 is 2.29 bits per heavy atom. The average molecular weight is 584 g/mol. The number of carbonyl (C=O) groups is 3. The number of alkyl halides is 5. The average Bonchev–Trinajstić information content (AvgIpc) is 3.29. The Balaban J connectivity index is 1.29. The Morgan fingerprint density at radius 2 is 1.68 bits per heavy atom. The van der Waals surface area contributed by atoms with Crippen LogP contribution in [-0.2, 0) is 9.59 Å². The largest absolute Gasteiger partial charge is 0.342 e. The maximum absolute atomic E-state index is 14.9. The maximum Gasteiger partial charge on any atom is 0.318 e. The molecule has 14 heteroatoms. The predicted molar refractivity (Wildman–Crippen MR) is 132 cm³/mol. The number of amides is 4. The monoisotopic (exact) mass is 583 g/mol. The second-order valence-electron chi connectivity index (χ2n) is 10.7. The minimum Gasteiger partial charge on any atom is -0.342 e. The van der Waals surface area contributed by atoms with Gasteiger partial charge in [-0.05, 0) is 17.5 Å². The van der Waals surface area contributed by atoms with Crippen LogP contribution in [0.3, 0.4) is 0 Å². The first-order chi connectivity index (χ1) is 19.3. The minimum atomic E-state index is -2.99. The topological polar surface area (TPSA) is 94.6 Å². The number of pyridine rings is 1. The molecular formula is C27H27F6N5O3. The van der Waals surface area contributed by atoms with Gasteiger partial charge < -0.3 is 20.4 Å². The van der Waals surface area contributed by atoms with Crippen LogP contribution in [0.15, 0.2) is 42.5 Å². The fourth-order valence-corrected chi connectivity index (χ4v) is 5.35. The number of hydrogen-bond donors (Lipinski definition) is 2. The Morgan fingerprint density at radius 1 is 1.00 bits per heavy atom. The Labute approximate surface area is 231 Å². The Kier molecular flexibility index (Phi) is 7.60. The second-order valence-corrected chi connectivity index (χ2v) is 10.7. The van der Waals surface area contributed by atoms with E-state index in [1.54, 1.807) is 30.3 Å². The summed E-state index contributed by atoms with van der Waals surface area (Å²) in [5.74, 6) is -8.98. The van der Waals surface area contributed by atoms with E-state index in [2.05, 4.69) is 15.6 Å². The SMILES string of the molecule is O=C(NC(c1ccccc1)c1ccc(C2CC(F)(F)C2)c(F)n1)C1CC(F)CN1C(=O)CNC(=O)N1CC(F)(F)C1. The van der Waals surface area contributed by atoms with Crippen molar-refractivity contribution in [3.8, 4) is 0 Å². The lowest BCUT2D eigenvalue weighted by molar-refractivity contribution is -0.138. The van der Waals surface area contributed by atoms with Crippen molar-refractivity contribution >= 4 is 17.8 Å². The number of halogens is 6. The second kappa shape index (κ2) is 10.9. The highest BCUT2D eigenvalue weighted by Gasteiger charge is 2.48. The molecule has 8 nitrogen and oxygen atoms in total. The highest BCUT2D eigenvalue weighted by Crippen LogP contribution is 2.48. The van der Waals surface area contributed by atoms with Gasteiger partial charge in [-0.25, -0.2) is 31.7 Å². The quantitative estimate of drug-likeness (QED) is 0.385. The molecule has 1 aliphatic carbocycles. The summed E-state index contributed by atoms with van der Waals surface area (Å²) >= 11 is 0. The molecule has 220 valence electrons. The molecule has 2 saturated heterocycles. The van der Waals surface area contributed by atoms with Crippen molar-refractivity contribution in [3.63, 3.8) is 0 Å². The zero-order valence-electron chi connectivity index (χ0n) is 21.6. The summed E-state index contributed by atoms with van der Waals surface area (Å²) in [7, 11) is 0. The summed E-state index contributed by atoms with van der Waals surface area (Å²) in [6.07, 6.45) is -2.83. The number of aromatic nitrogens is 1. The molecule has 3 atom stereocenters. The van der Waals surface area contributed by atoms with Crippen molar-refractivity contribution in [2.24, 2.45) is 0 Å². The van der Waals surface area contributed by atoms with Crippen molar-refractivity contribution in [1.29, 1.82) is 0 Å². The van der Waals surface area contributed by atoms with Crippen molar-refractivity contribution in [2.75, 3.05) is 26.2 Å². The van der Waals surface area contributed by atoms with E-state index in [1.165, 1.54) is 12.1 Å². The molecule has 3 aliphatic rings. The van der Waals surface area contributed by atoms with Crippen LogP contribution < -0.4 is 10.6 Å². The van der Waals surface area contributed by atoms with Gasteiger partial charge in [-0.1, -0.05) is 36.4 Å². The van der Waals surface area contributed by atoms with E-state index in [0.717, 1.165) is 9.80 Å². The zero-order chi connectivity index (χ0) is 29.5. The van der Waals surface area contributed by atoms with E-state index >= 15 is 0 Å². The lowest BCUT2D eigenvalue weighted by atomic mass is 9.77. The van der Waals surface area contributed by atoms with Gasteiger partial charge in [0.1, 0.15) is 12.2 Å². The molecule has 3 unspecified atom stereocenters. The molecule has 5 rings (SSSR count). The van der Waals surface area contributed by atoms with E-state index in [4.69, 9.17) is 0 Å². The number of nitrogens with zero attached hydrogens (tertiary/aromatic N) is 3. The standard InChI is InChI=1S/C27H27F6N5O3/c28-17-8-20(38(12-17)21(39)11-34-25(41)37-13-27(32,33)14-37)24(40)36-22(15-4-2-1-3-5-15)19-7-6-18(23(29)35-19)16-9-26(30,31)10-16/h1-7,16-17,20,22H,8-14H2,(H,34,41)(H,36,40). The van der Waals surface area contributed by atoms with Crippen LogP contribution in [0.5, 0.6) is 0 Å². The molecule has 2 N–H and O–H groups in total. The van der Waals surface area contributed by atoms with E-state index in [1.807, 2.05) is 0 Å². The van der Waals surface area contributed by atoms with Gasteiger partial charge in [0.15, 0.2) is 0 Å². The van der Waals surface area contributed by atoms with Gasteiger partial charge in [-0.3, -0.25) is 9.59 Å². The fourth-order valence-electron chi connectivity index (χ4n) is 5.35. The van der Waals surface area contributed by atoms with Gasteiger partial charge in [-0.2, -0.15) is 4.39 Å². The molecule has 0 bridgehead atoms. The fraction of sp³-hybridized carbons (Fsp3) is 0.481. The summed E-state index contributed by atoms with van der Waals surface area (Å²) in [4.78, 5) is 43.9. The molecule has 3 heterocycles. The lowest BCUT2D eigenvalue weighted by Crippen LogP contribution is -2.61. The third kappa shape index (κ3) is 6.25. The van der Waals surface area contributed by atoms with Gasteiger partial charge in [0.2, 0.25) is 23.7 Å². The first-order valence-electron chi connectivity index (χ1n) is 13.1. The number of benzene rings is 1. The van der Waals surface area contributed by atoms with Crippen LogP contribution in [-0.4, -0.2) is 82.9 Å². The number of rotatable bonds is 7. The minimum absolute atomic E-state index is 0.0506. The van der Waals surface area contributed by atoms with Gasteiger partial charge in [0, 0.05) is 24.8 Å². The van der Waals surface area contributed by atoms with Gasteiger partial charge >= 0.3 is 6.03 Å². The summed E-state index contributed by atoms with van der Waals surface area (Å²) in [6, 6.07) is 7.99. The molecule has 4 amide bonds. The third-order valence-electron chi connectivity index (χ3n) is 7.54. The van der Waals surface area contributed by atoms with E-state index in [-0.39, 0.29) is 17.7 Å². The summed E-state index contributed by atoms with van der Waals surface area (Å²) < 4.78 is 82.0. The zero-order valence-corrected chi connectivity index (χ0v) is 21.6. The first-order valence-corrected chi connectivity index (χ1v) is 13.1. The molecule has 2 aromatic rings. The van der Waals surface area contributed by atoms with E-state index < -0.39 is 98.8 Å². The molecule has 0 spiro atoms. The van der Waals surface area contributed by atoms with Crippen LogP contribution in [0.25, 0.3) is 0 Å². The number of nitrogens with one attached hydrogen (secondary N) is 2. The van der Waals surface area contributed by atoms with Crippen molar-refractivity contribution < 1.29 is 40.7 Å². The molecule has 0 radical (unpaired) electrons. The van der Waals surface area contributed by atoms with Crippen LogP contribution in [0.1, 0.15) is 48.0 Å². The van der Waals surface area contributed by atoms with Crippen molar-refractivity contribution in [1.82, 2.24) is 25.4 Å². The number of urea groups is 1. The number of hydrogen-bond acceptors (Lipinski definition) is 4. The van der Waals surface area contributed by atoms with Crippen molar-refractivity contribution in [2.45, 2.75) is 55.3 Å². The molecule has 3 fully saturated rings. The Bertz CT molecular complexity index is 1310. The molecule has 41 heavy (non-hydrogen) atoms. The molecule has 1 aromatic heterocycles. The highest BCUT2D eigenvalue weighted by atomic mass is 19.3. The predicted octanol–water partition coefficient (Wildman–Crippen LogP) is 3.54. The smallest absolute Gasteiger partial charge is 0.318 e. The molecule has 1 saturated carbocycles. The summed E-state index contributed by atoms with van der Waals surface area (Å²) in [5.41, 5.74) is 0.625. The van der Waals surface area contributed by atoms with Gasteiger partial charge in [-0.15, -0.1) is 0 Å². The molecule has 1 aromatic carbocycles. The van der Waals surface area contributed by atoms with Gasteiger partial charge in [0.05, 0.1) is 37.9 Å². The van der Waals surface area contributed by atoms with E-state index in [0.29, 0.717) is 5.56 Å². The summed E-state index contributed by atoms with van der Waals surface area (Å²) in [5, 5.41) is 4.91. The van der Waals surface area contributed by atoms with Crippen LogP contribution in [0.2, 0.25) is 0 Å². The van der Waals surface area contributed by atoms with Gasteiger partial charge in [0.25, 0.3) is 5.92 Å². The lowest BCUT2D eigenvalue weighted by Gasteiger charge is -2.38. The number of likely N-dealkylation sites (tertiary alicyclic amines) is 2. The normalized spacial score (nSPS) is 23.8. The maximum atomic E-state index is 14.9.